The van der Waals surface area contributed by atoms with Crippen molar-refractivity contribution >= 4 is 38.8 Å². The van der Waals surface area contributed by atoms with Crippen molar-refractivity contribution in [3.05, 3.63) is 51.0 Å². The van der Waals surface area contributed by atoms with Gasteiger partial charge in [-0.15, -0.1) is 17.8 Å². The fourth-order valence-electron chi connectivity index (χ4n) is 2.21. The van der Waals surface area contributed by atoms with Gasteiger partial charge in [-0.3, -0.25) is 4.79 Å². The summed E-state index contributed by atoms with van der Waals surface area (Å²) in [7, 11) is 0. The molecule has 0 atom stereocenters. The van der Waals surface area contributed by atoms with Crippen LogP contribution in [-0.4, -0.2) is 10.5 Å². The minimum atomic E-state index is -0.219. The number of benzene rings is 1. The van der Waals surface area contributed by atoms with Crippen LogP contribution in [0.1, 0.15) is 22.2 Å². The second-order valence-electron chi connectivity index (χ2n) is 4.72. The van der Waals surface area contributed by atoms with E-state index in [4.69, 9.17) is 6.42 Å². The van der Waals surface area contributed by atoms with Gasteiger partial charge in [0.15, 0.2) is 4.80 Å². The summed E-state index contributed by atoms with van der Waals surface area (Å²) in [6.45, 7) is 2.53. The normalized spacial score (nSPS) is 11.7. The Kier molecular flexibility index (Phi) is 4.23. The molecule has 0 aliphatic rings. The second-order valence-corrected chi connectivity index (χ2v) is 6.68. The number of terminal acetylenes is 1. The zero-order valence-corrected chi connectivity index (χ0v) is 13.7. The van der Waals surface area contributed by atoms with Crippen LogP contribution in [0.2, 0.25) is 0 Å². The number of amides is 1. The molecule has 0 fully saturated rings. The number of hydrogen-bond acceptors (Lipinski definition) is 3. The zero-order valence-electron chi connectivity index (χ0n) is 12.1. The molecule has 2 heterocycles. The van der Waals surface area contributed by atoms with Crippen LogP contribution in [0.5, 0.6) is 0 Å². The Bertz CT molecular complexity index is 924. The number of carbonyl (C=O) groups is 1. The van der Waals surface area contributed by atoms with Gasteiger partial charge in [-0.25, -0.2) is 0 Å². The third-order valence-electron chi connectivity index (χ3n) is 3.33. The first-order valence-corrected chi connectivity index (χ1v) is 8.61. The lowest BCUT2D eigenvalue weighted by Gasteiger charge is -2.00. The van der Waals surface area contributed by atoms with Crippen molar-refractivity contribution in [2.45, 2.75) is 19.9 Å². The third-order valence-corrected chi connectivity index (χ3v) is 5.23. The third kappa shape index (κ3) is 2.76. The Balaban J connectivity index is 2.17. The fourth-order valence-corrected chi connectivity index (χ4v) is 3.91. The summed E-state index contributed by atoms with van der Waals surface area (Å²) in [6, 6.07) is 9.91. The summed E-state index contributed by atoms with van der Waals surface area (Å²) in [5, 5.41) is 1.87. The second kappa shape index (κ2) is 6.30. The highest BCUT2D eigenvalue weighted by molar-refractivity contribution is 7.16. The maximum Gasteiger partial charge on any atom is 0.289 e. The Morgan fingerprint density at radius 3 is 2.95 bits per heavy atom. The first kappa shape index (κ1) is 14.8. The quantitative estimate of drug-likeness (QED) is 0.676. The molecule has 3 nitrogen and oxygen atoms in total. The highest BCUT2D eigenvalue weighted by Gasteiger charge is 2.09. The number of rotatable bonds is 3. The summed E-state index contributed by atoms with van der Waals surface area (Å²) in [5.41, 5.74) is 2.29. The highest BCUT2D eigenvalue weighted by Crippen LogP contribution is 2.20. The first-order chi connectivity index (χ1) is 10.7. The lowest BCUT2D eigenvalue weighted by Crippen LogP contribution is -2.16. The van der Waals surface area contributed by atoms with Crippen LogP contribution >= 0.6 is 22.7 Å². The van der Waals surface area contributed by atoms with Crippen LogP contribution < -0.4 is 4.80 Å². The van der Waals surface area contributed by atoms with Crippen LogP contribution in [-0.2, 0) is 13.0 Å². The molecule has 0 aliphatic carbocycles. The van der Waals surface area contributed by atoms with Crippen LogP contribution in [0.4, 0.5) is 0 Å². The molecule has 0 unspecified atom stereocenters. The number of thiazole rings is 1. The monoisotopic (exact) mass is 326 g/mol. The van der Waals surface area contributed by atoms with E-state index in [1.54, 1.807) is 6.07 Å². The summed E-state index contributed by atoms with van der Waals surface area (Å²) in [4.78, 5) is 17.8. The Morgan fingerprint density at radius 1 is 1.41 bits per heavy atom. The molecule has 22 heavy (non-hydrogen) atoms. The molecule has 5 heteroatoms. The minimum Gasteiger partial charge on any atom is -0.305 e. The van der Waals surface area contributed by atoms with Gasteiger partial charge in [0.2, 0.25) is 0 Å². The van der Waals surface area contributed by atoms with E-state index in [-0.39, 0.29) is 5.91 Å². The largest absolute Gasteiger partial charge is 0.305 e. The van der Waals surface area contributed by atoms with Crippen molar-refractivity contribution in [3.63, 3.8) is 0 Å². The molecular weight excluding hydrogens is 312 g/mol. The van der Waals surface area contributed by atoms with Crippen molar-refractivity contribution in [2.24, 2.45) is 4.99 Å². The van der Waals surface area contributed by atoms with Crippen LogP contribution in [0.15, 0.2) is 40.7 Å². The van der Waals surface area contributed by atoms with Crippen LogP contribution in [0.25, 0.3) is 10.2 Å². The molecule has 110 valence electrons. The summed E-state index contributed by atoms with van der Waals surface area (Å²) in [6.07, 6.45) is 6.45. The predicted octanol–water partition coefficient (Wildman–Crippen LogP) is 3.70. The molecule has 3 rings (SSSR count). The fraction of sp³-hybridized carbons (Fsp3) is 0.176. The van der Waals surface area contributed by atoms with E-state index >= 15 is 0 Å². The summed E-state index contributed by atoms with van der Waals surface area (Å²) in [5.74, 6) is 2.42. The summed E-state index contributed by atoms with van der Waals surface area (Å²) < 4.78 is 3.03. The van der Waals surface area contributed by atoms with Gasteiger partial charge in [0.05, 0.1) is 21.6 Å². The topological polar surface area (TPSA) is 34.4 Å². The van der Waals surface area contributed by atoms with E-state index in [1.807, 2.05) is 16.0 Å². The van der Waals surface area contributed by atoms with E-state index < -0.39 is 0 Å². The van der Waals surface area contributed by atoms with Crippen molar-refractivity contribution in [3.8, 4) is 12.3 Å². The van der Waals surface area contributed by atoms with Gasteiger partial charge in [0.25, 0.3) is 5.91 Å². The summed E-state index contributed by atoms with van der Waals surface area (Å²) >= 11 is 2.90. The van der Waals surface area contributed by atoms with Gasteiger partial charge in [0.1, 0.15) is 0 Å². The maximum atomic E-state index is 12.2. The van der Waals surface area contributed by atoms with Gasteiger partial charge in [0, 0.05) is 0 Å². The molecule has 2 aromatic heterocycles. The van der Waals surface area contributed by atoms with Crippen molar-refractivity contribution in [1.82, 2.24) is 4.57 Å². The Labute approximate surface area is 136 Å². The number of thiophene rings is 1. The van der Waals surface area contributed by atoms with Gasteiger partial charge in [-0.1, -0.05) is 36.3 Å². The van der Waals surface area contributed by atoms with Gasteiger partial charge in [-0.05, 0) is 35.6 Å². The zero-order chi connectivity index (χ0) is 15.5. The standard InChI is InChI=1S/C17H14N2OS2/c1-3-9-19-13-8-7-12(4-2)11-15(13)22-17(19)18-16(20)14-6-5-10-21-14/h1,5-8,10-11H,4,9H2,2H3. The Morgan fingerprint density at radius 2 is 2.27 bits per heavy atom. The van der Waals surface area contributed by atoms with E-state index in [1.165, 1.54) is 28.2 Å². The number of aryl methyl sites for hydroxylation is 1. The van der Waals surface area contributed by atoms with E-state index in [0.717, 1.165) is 16.6 Å². The van der Waals surface area contributed by atoms with E-state index in [9.17, 15) is 4.79 Å². The van der Waals surface area contributed by atoms with Gasteiger partial charge < -0.3 is 4.57 Å². The molecule has 0 saturated heterocycles. The van der Waals surface area contributed by atoms with Crippen LogP contribution in [0.3, 0.4) is 0 Å². The molecule has 1 amide bonds. The first-order valence-electron chi connectivity index (χ1n) is 6.91. The van der Waals surface area contributed by atoms with E-state index in [2.05, 4.69) is 36.0 Å². The number of fused-ring (bicyclic) bond motifs is 1. The number of carbonyl (C=O) groups excluding carboxylic acids is 1. The highest BCUT2D eigenvalue weighted by atomic mass is 32.1. The molecular formula is C17H14N2OS2. The van der Waals surface area contributed by atoms with Crippen molar-refractivity contribution in [1.29, 1.82) is 0 Å². The molecule has 0 spiro atoms. The molecule has 0 bridgehead atoms. The van der Waals surface area contributed by atoms with Crippen molar-refractivity contribution in [2.75, 3.05) is 0 Å². The molecule has 0 saturated carbocycles. The smallest absolute Gasteiger partial charge is 0.289 e. The van der Waals surface area contributed by atoms with Gasteiger partial charge >= 0.3 is 0 Å². The van der Waals surface area contributed by atoms with Crippen molar-refractivity contribution < 1.29 is 4.79 Å². The van der Waals surface area contributed by atoms with Crippen LogP contribution in [0, 0.1) is 12.3 Å². The molecule has 0 N–H and O–H groups in total. The Hall–Kier alpha value is -2.16. The number of nitrogens with zero attached hydrogens (tertiary/aromatic N) is 2. The molecule has 1 aromatic carbocycles. The SMILES string of the molecule is C#CCn1c(=NC(=O)c2cccs2)sc2cc(CC)ccc21. The predicted molar refractivity (Wildman–Crippen MR) is 92.2 cm³/mol. The molecule has 0 radical (unpaired) electrons. The lowest BCUT2D eigenvalue weighted by molar-refractivity contribution is 0.100. The minimum absolute atomic E-state index is 0.219. The molecule has 3 aromatic rings. The average Bonchev–Trinajstić information content (AvgIpc) is 3.16. The number of aromatic nitrogens is 1. The number of hydrogen-bond donors (Lipinski definition) is 0. The average molecular weight is 326 g/mol. The lowest BCUT2D eigenvalue weighted by atomic mass is 10.2. The van der Waals surface area contributed by atoms with Gasteiger partial charge in [-0.2, -0.15) is 4.99 Å². The molecule has 0 aliphatic heterocycles. The maximum absolute atomic E-state index is 12.2. The van der Waals surface area contributed by atoms with E-state index in [0.29, 0.717) is 16.2 Å².